The Morgan fingerprint density at radius 1 is 0.919 bits per heavy atom. The summed E-state index contributed by atoms with van der Waals surface area (Å²) in [4.78, 5) is 49.7. The molecule has 0 bridgehead atoms. The molecule has 2 amide bonds. The zero-order valence-electron chi connectivity index (χ0n) is 19.2. The lowest BCUT2D eigenvalue weighted by atomic mass is 10.1. The maximum Gasteiger partial charge on any atom is 0.343 e. The van der Waals surface area contributed by atoms with E-state index in [0.29, 0.717) is 10.5 Å². The molecule has 8 nitrogen and oxygen atoms in total. The molecule has 0 unspecified atom stereocenters. The van der Waals surface area contributed by atoms with Gasteiger partial charge in [-0.1, -0.05) is 54.6 Å². The summed E-state index contributed by atoms with van der Waals surface area (Å²) >= 11 is 0.873. The largest absolute Gasteiger partial charge is 0.423 e. The average Bonchev–Trinajstić information content (AvgIpc) is 3.17. The Kier molecular flexibility index (Phi) is 6.53. The van der Waals surface area contributed by atoms with Gasteiger partial charge in [0.05, 0.1) is 21.9 Å². The molecule has 1 aliphatic rings. The van der Waals surface area contributed by atoms with Crippen LogP contribution in [0, 0.1) is 10.1 Å². The molecule has 182 valence electrons. The lowest BCUT2D eigenvalue weighted by Gasteiger charge is -2.13. The first-order chi connectivity index (χ1) is 17.9. The number of fused-ring (bicyclic) bond motifs is 1. The molecule has 0 N–H and O–H groups in total. The number of ether oxygens (including phenoxy) is 1. The normalized spacial score (nSPS) is 14.4. The summed E-state index contributed by atoms with van der Waals surface area (Å²) < 4.78 is 5.30. The van der Waals surface area contributed by atoms with E-state index in [1.54, 1.807) is 30.3 Å². The molecule has 4 aromatic carbocycles. The van der Waals surface area contributed by atoms with E-state index < -0.39 is 10.9 Å². The van der Waals surface area contributed by atoms with E-state index in [9.17, 15) is 24.5 Å². The molecule has 0 spiro atoms. The lowest BCUT2D eigenvalue weighted by molar-refractivity contribution is -0.384. The van der Waals surface area contributed by atoms with Gasteiger partial charge >= 0.3 is 5.97 Å². The monoisotopic (exact) mass is 510 g/mol. The van der Waals surface area contributed by atoms with E-state index >= 15 is 0 Å². The number of nitrogens with zero attached hydrogens (tertiary/aromatic N) is 2. The van der Waals surface area contributed by atoms with Crippen LogP contribution in [0.25, 0.3) is 16.8 Å². The van der Waals surface area contributed by atoms with Crippen molar-refractivity contribution in [2.75, 3.05) is 0 Å². The molecule has 1 fully saturated rings. The highest BCUT2D eigenvalue weighted by atomic mass is 32.2. The third-order valence-electron chi connectivity index (χ3n) is 5.71. The minimum atomic E-state index is -0.730. The number of nitro benzene ring substituents is 1. The highest BCUT2D eigenvalue weighted by Crippen LogP contribution is 2.34. The third kappa shape index (κ3) is 5.26. The van der Waals surface area contributed by atoms with Gasteiger partial charge in [0, 0.05) is 12.1 Å². The topological polar surface area (TPSA) is 107 Å². The number of thioether (sulfide) groups is 1. The molecule has 0 radical (unpaired) electrons. The molecular formula is C28H18N2O6S. The Balaban J connectivity index is 1.26. The van der Waals surface area contributed by atoms with Crippen molar-refractivity contribution in [3.05, 3.63) is 123 Å². The van der Waals surface area contributed by atoms with Gasteiger partial charge in [-0.25, -0.2) is 4.79 Å². The smallest absolute Gasteiger partial charge is 0.343 e. The third-order valence-corrected chi connectivity index (χ3v) is 6.62. The van der Waals surface area contributed by atoms with Gasteiger partial charge in [-0.05, 0) is 64.0 Å². The zero-order chi connectivity index (χ0) is 25.9. The number of amides is 2. The van der Waals surface area contributed by atoms with E-state index in [4.69, 9.17) is 4.74 Å². The van der Waals surface area contributed by atoms with E-state index in [2.05, 4.69) is 0 Å². The van der Waals surface area contributed by atoms with E-state index in [-0.39, 0.29) is 34.7 Å². The summed E-state index contributed by atoms with van der Waals surface area (Å²) in [5.41, 5.74) is 1.35. The highest BCUT2D eigenvalue weighted by molar-refractivity contribution is 8.18. The van der Waals surface area contributed by atoms with Crippen LogP contribution in [-0.2, 0) is 11.3 Å². The molecule has 1 heterocycles. The average molecular weight is 511 g/mol. The van der Waals surface area contributed by atoms with E-state index in [0.717, 1.165) is 34.2 Å². The number of carbonyl (C=O) groups excluding carboxylic acids is 3. The van der Waals surface area contributed by atoms with Gasteiger partial charge in [0.25, 0.3) is 16.8 Å². The fourth-order valence-electron chi connectivity index (χ4n) is 3.85. The summed E-state index contributed by atoms with van der Waals surface area (Å²) in [6.07, 6.45) is 1.61. The van der Waals surface area contributed by atoms with Gasteiger partial charge in [-0.15, -0.1) is 0 Å². The van der Waals surface area contributed by atoms with Crippen molar-refractivity contribution in [3.63, 3.8) is 0 Å². The summed E-state index contributed by atoms with van der Waals surface area (Å²) in [5.74, 6) is -0.867. The first-order valence-corrected chi connectivity index (χ1v) is 12.0. The highest BCUT2D eigenvalue weighted by Gasteiger charge is 2.35. The quantitative estimate of drug-likeness (QED) is 0.0999. The fourth-order valence-corrected chi connectivity index (χ4v) is 4.69. The van der Waals surface area contributed by atoms with Gasteiger partial charge in [-0.3, -0.25) is 24.6 Å². The maximum atomic E-state index is 12.9. The number of imide groups is 1. The van der Waals surface area contributed by atoms with Gasteiger partial charge in [0.15, 0.2) is 0 Å². The van der Waals surface area contributed by atoms with E-state index in [1.807, 2.05) is 42.5 Å². The second kappa shape index (κ2) is 10.1. The van der Waals surface area contributed by atoms with Crippen LogP contribution in [0.4, 0.5) is 10.5 Å². The number of nitro groups is 1. The van der Waals surface area contributed by atoms with Crippen LogP contribution < -0.4 is 4.74 Å². The molecule has 9 heteroatoms. The van der Waals surface area contributed by atoms with Crippen LogP contribution in [-0.4, -0.2) is 26.9 Å². The van der Waals surface area contributed by atoms with Gasteiger partial charge in [-0.2, -0.15) is 0 Å². The first-order valence-electron chi connectivity index (χ1n) is 11.2. The maximum absolute atomic E-state index is 12.9. The number of benzene rings is 4. The number of hydrogen-bond donors (Lipinski definition) is 0. The van der Waals surface area contributed by atoms with Crippen molar-refractivity contribution in [1.82, 2.24) is 4.90 Å². The Bertz CT molecular complexity index is 1600. The van der Waals surface area contributed by atoms with Crippen LogP contribution in [0.5, 0.6) is 5.75 Å². The van der Waals surface area contributed by atoms with Crippen LogP contribution in [0.2, 0.25) is 0 Å². The van der Waals surface area contributed by atoms with Crippen molar-refractivity contribution in [3.8, 4) is 5.75 Å². The molecule has 0 atom stereocenters. The Morgan fingerprint density at radius 2 is 1.68 bits per heavy atom. The molecule has 0 saturated carbocycles. The fraction of sp³-hybridized carbons (Fsp3) is 0.0357. The molecule has 1 aliphatic heterocycles. The van der Waals surface area contributed by atoms with Crippen LogP contribution in [0.1, 0.15) is 21.5 Å². The van der Waals surface area contributed by atoms with Crippen LogP contribution >= 0.6 is 11.8 Å². The number of carbonyl (C=O) groups is 3. The Labute approximate surface area is 215 Å². The number of non-ortho nitro benzene ring substituents is 1. The molecule has 5 rings (SSSR count). The van der Waals surface area contributed by atoms with Crippen LogP contribution in [0.3, 0.4) is 0 Å². The van der Waals surface area contributed by atoms with Crippen molar-refractivity contribution in [2.24, 2.45) is 0 Å². The SMILES string of the molecule is O=C(Oc1ccc(/C=C2\SC(=O)N(Cc3ccc4ccccc4c3)C2=O)cc1)c1cccc([N+](=O)[O-])c1. The predicted octanol–water partition coefficient (Wildman–Crippen LogP) is 6.20. The molecule has 1 saturated heterocycles. The molecular weight excluding hydrogens is 492 g/mol. The molecule has 4 aromatic rings. The van der Waals surface area contributed by atoms with Crippen molar-refractivity contribution >= 4 is 51.4 Å². The van der Waals surface area contributed by atoms with Crippen molar-refractivity contribution in [1.29, 1.82) is 0 Å². The standard InChI is InChI=1S/C28H18N2O6S/c31-26-25(37-28(33)29(26)17-19-8-11-20-4-1-2-5-21(20)14-19)15-18-9-12-24(13-10-18)36-27(32)22-6-3-7-23(16-22)30(34)35/h1-16H,17H2/b25-15-. The predicted molar refractivity (Wildman–Crippen MR) is 140 cm³/mol. The Hall–Kier alpha value is -4.76. The number of hydrogen-bond acceptors (Lipinski definition) is 7. The summed E-state index contributed by atoms with van der Waals surface area (Å²) in [6.45, 7) is 0.180. The minimum absolute atomic E-state index is 0.0540. The zero-order valence-corrected chi connectivity index (χ0v) is 20.0. The minimum Gasteiger partial charge on any atom is -0.423 e. The summed E-state index contributed by atoms with van der Waals surface area (Å²) in [5, 5.41) is 12.7. The van der Waals surface area contributed by atoms with Gasteiger partial charge in [0.1, 0.15) is 5.75 Å². The second-order valence-corrected chi connectivity index (χ2v) is 9.21. The van der Waals surface area contributed by atoms with Crippen molar-refractivity contribution < 1.29 is 24.0 Å². The summed E-state index contributed by atoms with van der Waals surface area (Å²) in [7, 11) is 0. The van der Waals surface area contributed by atoms with Gasteiger partial charge < -0.3 is 4.74 Å². The van der Waals surface area contributed by atoms with E-state index in [1.165, 1.54) is 23.1 Å². The van der Waals surface area contributed by atoms with Crippen molar-refractivity contribution in [2.45, 2.75) is 6.54 Å². The number of esters is 1. The first kappa shape index (κ1) is 24.0. The summed E-state index contributed by atoms with van der Waals surface area (Å²) in [6, 6.07) is 25.4. The second-order valence-electron chi connectivity index (χ2n) is 8.22. The Morgan fingerprint density at radius 3 is 2.43 bits per heavy atom. The van der Waals surface area contributed by atoms with Gasteiger partial charge in [0.2, 0.25) is 0 Å². The van der Waals surface area contributed by atoms with Crippen LogP contribution in [0.15, 0.2) is 95.9 Å². The molecule has 0 aromatic heterocycles. The molecule has 37 heavy (non-hydrogen) atoms. The number of rotatable bonds is 6. The lowest BCUT2D eigenvalue weighted by Crippen LogP contribution is -2.27. The molecule has 0 aliphatic carbocycles.